The van der Waals surface area contributed by atoms with Gasteiger partial charge in [-0.05, 0) is 61.7 Å². The van der Waals surface area contributed by atoms with E-state index in [1.54, 1.807) is 0 Å². The molecule has 0 amide bonds. The molecule has 122 valence electrons. The molecule has 4 aliphatic rings. The molecule has 0 aliphatic heterocycles. The van der Waals surface area contributed by atoms with Gasteiger partial charge in [0.1, 0.15) is 5.78 Å². The van der Waals surface area contributed by atoms with E-state index in [4.69, 9.17) is 0 Å². The molecule has 0 saturated heterocycles. The van der Waals surface area contributed by atoms with E-state index in [1.807, 2.05) is 6.08 Å². The molecule has 4 rings (SSSR count). The number of hydrogen-bond acceptors (Lipinski definition) is 3. The predicted molar refractivity (Wildman–Crippen MR) is 84.1 cm³/mol. The third-order valence-corrected chi connectivity index (χ3v) is 7.81. The monoisotopic (exact) mass is 304 g/mol. The van der Waals surface area contributed by atoms with Crippen LogP contribution >= 0.6 is 0 Å². The summed E-state index contributed by atoms with van der Waals surface area (Å²) in [6.45, 7) is 4.48. The van der Waals surface area contributed by atoms with Crippen LogP contribution in [-0.2, 0) is 4.79 Å². The topological polar surface area (TPSA) is 57.5 Å². The quantitative estimate of drug-likeness (QED) is 0.677. The number of carbonyl (C=O) groups is 1. The molecule has 0 spiro atoms. The van der Waals surface area contributed by atoms with Gasteiger partial charge < -0.3 is 10.2 Å². The zero-order valence-electron chi connectivity index (χ0n) is 13.7. The van der Waals surface area contributed by atoms with Crippen LogP contribution in [0.4, 0.5) is 0 Å². The van der Waals surface area contributed by atoms with Gasteiger partial charge in [-0.25, -0.2) is 0 Å². The zero-order valence-corrected chi connectivity index (χ0v) is 13.7. The molecule has 0 radical (unpaired) electrons. The van der Waals surface area contributed by atoms with Gasteiger partial charge >= 0.3 is 0 Å². The lowest BCUT2D eigenvalue weighted by Crippen LogP contribution is -2.54. The van der Waals surface area contributed by atoms with Crippen molar-refractivity contribution >= 4 is 5.78 Å². The molecule has 2 N–H and O–H groups in total. The van der Waals surface area contributed by atoms with E-state index in [-0.39, 0.29) is 22.9 Å². The van der Waals surface area contributed by atoms with Crippen molar-refractivity contribution in [1.29, 1.82) is 0 Å². The highest BCUT2D eigenvalue weighted by Gasteiger charge is 2.60. The molecule has 7 atom stereocenters. The van der Waals surface area contributed by atoms with Crippen LogP contribution in [0, 0.1) is 28.6 Å². The number of Topliss-reactive ketones (excluding diaryl/α,β-unsaturated/α-hetero) is 1. The standard InChI is InChI=1S/C19H28O3/c1-18-7-5-12(20)9-11(18)10-15(21)17-13-3-4-16(22)19(13,2)8-6-14(17)18/h10,12-15,17,20-21H,3-9H2,1-2H3/t12-,13?,14?,15+,17?,18?,19?/m0/s1. The second kappa shape index (κ2) is 4.67. The van der Waals surface area contributed by atoms with E-state index in [1.165, 1.54) is 5.57 Å². The molecule has 3 heteroatoms. The fourth-order valence-electron chi connectivity index (χ4n) is 6.40. The summed E-state index contributed by atoms with van der Waals surface area (Å²) in [4.78, 5) is 12.4. The molecule has 0 bridgehead atoms. The molecular weight excluding hydrogens is 276 g/mol. The van der Waals surface area contributed by atoms with Crippen molar-refractivity contribution in [3.8, 4) is 0 Å². The van der Waals surface area contributed by atoms with Crippen molar-refractivity contribution in [1.82, 2.24) is 0 Å². The van der Waals surface area contributed by atoms with Gasteiger partial charge in [0, 0.05) is 11.8 Å². The zero-order chi connectivity index (χ0) is 15.7. The molecule has 5 unspecified atom stereocenters. The molecule has 3 nitrogen and oxygen atoms in total. The molecule has 0 aromatic rings. The van der Waals surface area contributed by atoms with E-state index >= 15 is 0 Å². The lowest BCUT2D eigenvalue weighted by molar-refractivity contribution is -0.135. The van der Waals surface area contributed by atoms with Crippen molar-refractivity contribution in [2.75, 3.05) is 0 Å². The molecular formula is C19H28O3. The predicted octanol–water partition coefficient (Wildman–Crippen LogP) is 2.85. The third-order valence-electron chi connectivity index (χ3n) is 7.81. The van der Waals surface area contributed by atoms with E-state index in [0.717, 1.165) is 38.5 Å². The van der Waals surface area contributed by atoms with E-state index < -0.39 is 6.10 Å². The van der Waals surface area contributed by atoms with Gasteiger partial charge in [0.05, 0.1) is 12.2 Å². The summed E-state index contributed by atoms with van der Waals surface area (Å²) in [6.07, 6.45) is 7.65. The Kier molecular flexibility index (Phi) is 3.16. The van der Waals surface area contributed by atoms with Gasteiger partial charge in [-0.3, -0.25) is 4.79 Å². The normalized spacial score (nSPS) is 54.3. The van der Waals surface area contributed by atoms with Gasteiger partial charge in [-0.2, -0.15) is 0 Å². The van der Waals surface area contributed by atoms with Crippen molar-refractivity contribution in [2.24, 2.45) is 28.6 Å². The van der Waals surface area contributed by atoms with Crippen molar-refractivity contribution in [3.63, 3.8) is 0 Å². The van der Waals surface area contributed by atoms with Crippen LogP contribution in [0.2, 0.25) is 0 Å². The van der Waals surface area contributed by atoms with Crippen molar-refractivity contribution in [3.05, 3.63) is 11.6 Å². The number of rotatable bonds is 0. The number of carbonyl (C=O) groups excluding carboxylic acids is 1. The average molecular weight is 304 g/mol. The number of fused-ring (bicyclic) bond motifs is 5. The first kappa shape index (κ1) is 14.9. The maximum absolute atomic E-state index is 12.4. The highest BCUT2D eigenvalue weighted by Crippen LogP contribution is 2.63. The maximum Gasteiger partial charge on any atom is 0.139 e. The Morgan fingerprint density at radius 2 is 1.73 bits per heavy atom. The van der Waals surface area contributed by atoms with Crippen LogP contribution in [0.3, 0.4) is 0 Å². The summed E-state index contributed by atoms with van der Waals surface area (Å²) >= 11 is 0. The second-order valence-electron chi connectivity index (χ2n) is 8.70. The second-order valence-corrected chi connectivity index (χ2v) is 8.70. The van der Waals surface area contributed by atoms with Crippen LogP contribution in [0.15, 0.2) is 11.6 Å². The molecule has 3 fully saturated rings. The van der Waals surface area contributed by atoms with Crippen molar-refractivity contribution in [2.45, 2.75) is 71.0 Å². The maximum atomic E-state index is 12.4. The Bertz CT molecular complexity index is 539. The summed E-state index contributed by atoms with van der Waals surface area (Å²) < 4.78 is 0. The van der Waals surface area contributed by atoms with Crippen molar-refractivity contribution < 1.29 is 15.0 Å². The van der Waals surface area contributed by atoms with Gasteiger partial charge in [0.2, 0.25) is 0 Å². The minimum atomic E-state index is -0.436. The number of ketones is 1. The molecule has 0 heterocycles. The van der Waals surface area contributed by atoms with E-state index in [9.17, 15) is 15.0 Å². The molecule has 4 aliphatic carbocycles. The lowest BCUT2D eigenvalue weighted by atomic mass is 9.47. The Balaban J connectivity index is 1.75. The molecule has 3 saturated carbocycles. The van der Waals surface area contributed by atoms with E-state index in [2.05, 4.69) is 13.8 Å². The lowest BCUT2D eigenvalue weighted by Gasteiger charge is -2.58. The largest absolute Gasteiger partial charge is 0.393 e. The van der Waals surface area contributed by atoms with Crippen LogP contribution in [-0.4, -0.2) is 28.2 Å². The Labute approximate surface area is 132 Å². The van der Waals surface area contributed by atoms with Crippen LogP contribution < -0.4 is 0 Å². The van der Waals surface area contributed by atoms with Gasteiger partial charge in [0.25, 0.3) is 0 Å². The summed E-state index contributed by atoms with van der Waals surface area (Å²) in [5, 5.41) is 20.8. The van der Waals surface area contributed by atoms with E-state index in [0.29, 0.717) is 24.0 Å². The Morgan fingerprint density at radius 1 is 1.05 bits per heavy atom. The number of aliphatic hydroxyl groups is 2. The fourth-order valence-corrected chi connectivity index (χ4v) is 6.40. The highest BCUT2D eigenvalue weighted by atomic mass is 16.3. The van der Waals surface area contributed by atoms with Crippen LogP contribution in [0.25, 0.3) is 0 Å². The smallest absolute Gasteiger partial charge is 0.139 e. The summed E-state index contributed by atoms with van der Waals surface area (Å²) in [5.41, 5.74) is 1.20. The highest BCUT2D eigenvalue weighted by molar-refractivity contribution is 5.87. The first-order valence-electron chi connectivity index (χ1n) is 8.97. The Hall–Kier alpha value is -0.670. The summed E-state index contributed by atoms with van der Waals surface area (Å²) in [6, 6.07) is 0. The first-order chi connectivity index (χ1) is 10.4. The summed E-state index contributed by atoms with van der Waals surface area (Å²) in [5.74, 6) is 1.46. The summed E-state index contributed by atoms with van der Waals surface area (Å²) in [7, 11) is 0. The fraction of sp³-hybridized carbons (Fsp3) is 0.842. The minimum Gasteiger partial charge on any atom is -0.393 e. The number of hydrogen-bond donors (Lipinski definition) is 2. The third kappa shape index (κ3) is 1.78. The number of aliphatic hydroxyl groups excluding tert-OH is 2. The molecule has 0 aromatic heterocycles. The van der Waals surface area contributed by atoms with Gasteiger partial charge in [0.15, 0.2) is 0 Å². The molecule has 0 aromatic carbocycles. The van der Waals surface area contributed by atoms with Gasteiger partial charge in [-0.15, -0.1) is 0 Å². The first-order valence-corrected chi connectivity index (χ1v) is 8.97. The molecule has 22 heavy (non-hydrogen) atoms. The van der Waals surface area contributed by atoms with Gasteiger partial charge in [-0.1, -0.05) is 25.5 Å². The minimum absolute atomic E-state index is 0.121. The SMILES string of the molecule is CC12CCC3C(C1CCC2=O)[C@H](O)C=C1C[C@@H](O)CCC13C. The van der Waals surface area contributed by atoms with Crippen LogP contribution in [0.1, 0.15) is 58.8 Å². The Morgan fingerprint density at radius 3 is 2.50 bits per heavy atom. The average Bonchev–Trinajstić information content (AvgIpc) is 2.77. The van der Waals surface area contributed by atoms with Crippen LogP contribution in [0.5, 0.6) is 0 Å².